The molecular formula is C24H24N4O2. The van der Waals surface area contributed by atoms with Gasteiger partial charge in [-0.3, -0.25) is 19.5 Å². The van der Waals surface area contributed by atoms with E-state index in [0.29, 0.717) is 12.2 Å². The summed E-state index contributed by atoms with van der Waals surface area (Å²) in [4.78, 5) is 30.5. The number of para-hydroxylation sites is 1. The molecule has 0 bridgehead atoms. The number of hydrogen-bond acceptors (Lipinski definition) is 4. The molecule has 2 amide bonds. The Morgan fingerprint density at radius 1 is 1.17 bits per heavy atom. The maximum absolute atomic E-state index is 12.4. The Morgan fingerprint density at radius 2 is 2.00 bits per heavy atom. The fourth-order valence-corrected chi connectivity index (χ4v) is 3.93. The number of carbonyl (C=O) groups is 2. The summed E-state index contributed by atoms with van der Waals surface area (Å²) in [7, 11) is 0. The molecule has 0 saturated carbocycles. The predicted octanol–water partition coefficient (Wildman–Crippen LogP) is 3.34. The highest BCUT2D eigenvalue weighted by atomic mass is 16.2. The Kier molecular flexibility index (Phi) is 5.86. The van der Waals surface area contributed by atoms with Crippen molar-refractivity contribution in [2.75, 3.05) is 11.9 Å². The Balaban J connectivity index is 1.43. The van der Waals surface area contributed by atoms with E-state index < -0.39 is 0 Å². The van der Waals surface area contributed by atoms with Crippen LogP contribution >= 0.6 is 0 Å². The number of anilines is 1. The summed E-state index contributed by atoms with van der Waals surface area (Å²) in [5.74, 6) is -0.485. The zero-order valence-electron chi connectivity index (χ0n) is 16.6. The summed E-state index contributed by atoms with van der Waals surface area (Å²) >= 11 is 0. The van der Waals surface area contributed by atoms with Crippen LogP contribution in [0.25, 0.3) is 17.0 Å². The monoisotopic (exact) mass is 400 g/mol. The summed E-state index contributed by atoms with van der Waals surface area (Å²) in [6, 6.07) is 17.2. The second-order valence-corrected chi connectivity index (χ2v) is 7.48. The molecule has 3 N–H and O–H groups in total. The second kappa shape index (κ2) is 8.88. The molecule has 152 valence electrons. The van der Waals surface area contributed by atoms with Crippen LogP contribution < -0.4 is 11.1 Å². The number of nitrogens with two attached hydrogens (primary N) is 1. The zero-order chi connectivity index (χ0) is 20.9. The third kappa shape index (κ3) is 4.55. The minimum Gasteiger partial charge on any atom is -0.368 e. The number of nitrogens with zero attached hydrogens (tertiary/aromatic N) is 2. The second-order valence-electron chi connectivity index (χ2n) is 7.48. The maximum Gasteiger partial charge on any atom is 0.248 e. The van der Waals surface area contributed by atoms with Gasteiger partial charge in [-0.25, -0.2) is 0 Å². The summed E-state index contributed by atoms with van der Waals surface area (Å²) in [5.41, 5.74) is 9.00. The Bertz CT molecular complexity index is 1100. The van der Waals surface area contributed by atoms with Crippen LogP contribution in [0.4, 0.5) is 5.69 Å². The first-order valence-corrected chi connectivity index (χ1v) is 10.1. The Labute approximate surface area is 175 Å². The number of pyridine rings is 1. The topological polar surface area (TPSA) is 88.3 Å². The third-order valence-corrected chi connectivity index (χ3v) is 5.35. The molecule has 1 aromatic heterocycles. The average Bonchev–Trinajstić information content (AvgIpc) is 3.21. The summed E-state index contributed by atoms with van der Waals surface area (Å²) in [6.07, 6.45) is 6.81. The third-order valence-electron chi connectivity index (χ3n) is 5.35. The zero-order valence-corrected chi connectivity index (χ0v) is 16.6. The number of nitrogens with one attached hydrogen (secondary N) is 1. The molecule has 2 heterocycles. The van der Waals surface area contributed by atoms with Gasteiger partial charge >= 0.3 is 0 Å². The van der Waals surface area contributed by atoms with Gasteiger partial charge in [0, 0.05) is 35.5 Å². The number of primary amides is 1. The molecular weight excluding hydrogens is 376 g/mol. The Hall–Kier alpha value is -3.51. The molecule has 6 nitrogen and oxygen atoms in total. The fourth-order valence-electron chi connectivity index (χ4n) is 3.93. The van der Waals surface area contributed by atoms with Gasteiger partial charge in [0.05, 0.1) is 11.6 Å². The number of carbonyl (C=O) groups excluding carboxylic acids is 2. The van der Waals surface area contributed by atoms with Gasteiger partial charge < -0.3 is 11.1 Å². The van der Waals surface area contributed by atoms with Crippen molar-refractivity contribution < 1.29 is 9.59 Å². The number of hydrogen-bond donors (Lipinski definition) is 2. The number of aromatic nitrogens is 1. The minimum absolute atomic E-state index is 0.208. The van der Waals surface area contributed by atoms with Crippen molar-refractivity contribution in [3.63, 3.8) is 0 Å². The normalized spacial score (nSPS) is 16.9. The van der Waals surface area contributed by atoms with Crippen molar-refractivity contribution in [2.24, 2.45) is 5.73 Å². The van der Waals surface area contributed by atoms with Crippen molar-refractivity contribution in [1.82, 2.24) is 9.88 Å². The van der Waals surface area contributed by atoms with Gasteiger partial charge in [-0.15, -0.1) is 0 Å². The van der Waals surface area contributed by atoms with E-state index in [1.54, 1.807) is 12.3 Å². The molecule has 0 radical (unpaired) electrons. The Morgan fingerprint density at radius 3 is 2.87 bits per heavy atom. The number of amides is 2. The number of likely N-dealkylation sites (tertiary alicyclic amines) is 1. The molecule has 4 rings (SSSR count). The molecule has 1 aliphatic heterocycles. The minimum atomic E-state index is -0.273. The lowest BCUT2D eigenvalue weighted by molar-refractivity contribution is -0.122. The average molecular weight is 400 g/mol. The number of fused-ring (bicyclic) bond motifs is 1. The lowest BCUT2D eigenvalue weighted by Gasteiger charge is -2.22. The quantitative estimate of drug-likeness (QED) is 0.621. The first-order valence-electron chi connectivity index (χ1n) is 10.1. The van der Waals surface area contributed by atoms with Gasteiger partial charge in [0.15, 0.2) is 0 Å². The van der Waals surface area contributed by atoms with E-state index in [9.17, 15) is 9.59 Å². The van der Waals surface area contributed by atoms with Crippen LogP contribution in [0.15, 0.2) is 66.9 Å². The van der Waals surface area contributed by atoms with Crippen LogP contribution in [0.2, 0.25) is 0 Å². The van der Waals surface area contributed by atoms with Crippen molar-refractivity contribution in [3.05, 3.63) is 78.0 Å². The maximum atomic E-state index is 12.4. The first kappa shape index (κ1) is 19.8. The van der Waals surface area contributed by atoms with Gasteiger partial charge in [-0.05, 0) is 49.2 Å². The lowest BCUT2D eigenvalue weighted by atomic mass is 10.1. The van der Waals surface area contributed by atoms with Gasteiger partial charge in [0.2, 0.25) is 11.8 Å². The number of rotatable bonds is 6. The highest BCUT2D eigenvalue weighted by molar-refractivity contribution is 6.03. The molecule has 0 aliphatic carbocycles. The molecule has 30 heavy (non-hydrogen) atoms. The van der Waals surface area contributed by atoms with Gasteiger partial charge in [-0.1, -0.05) is 36.4 Å². The van der Waals surface area contributed by atoms with Crippen LogP contribution in [0.3, 0.4) is 0 Å². The van der Waals surface area contributed by atoms with E-state index in [4.69, 9.17) is 5.73 Å². The highest BCUT2D eigenvalue weighted by Gasteiger charge is 2.28. The van der Waals surface area contributed by atoms with Crippen LogP contribution in [0.1, 0.15) is 24.0 Å². The molecule has 1 unspecified atom stereocenters. The molecule has 1 fully saturated rings. The summed E-state index contributed by atoms with van der Waals surface area (Å²) in [6.45, 7) is 1.49. The van der Waals surface area contributed by atoms with E-state index in [1.807, 2.05) is 54.6 Å². The van der Waals surface area contributed by atoms with Crippen molar-refractivity contribution >= 4 is 34.5 Å². The highest BCUT2D eigenvalue weighted by Crippen LogP contribution is 2.21. The van der Waals surface area contributed by atoms with Crippen LogP contribution in [-0.4, -0.2) is 34.3 Å². The smallest absolute Gasteiger partial charge is 0.248 e. The molecule has 1 aliphatic rings. The van der Waals surface area contributed by atoms with Crippen LogP contribution in [-0.2, 0) is 16.1 Å². The van der Waals surface area contributed by atoms with Gasteiger partial charge in [-0.2, -0.15) is 0 Å². The molecule has 1 saturated heterocycles. The van der Waals surface area contributed by atoms with E-state index in [2.05, 4.69) is 15.2 Å². The van der Waals surface area contributed by atoms with Crippen molar-refractivity contribution in [1.29, 1.82) is 0 Å². The fraction of sp³-hybridized carbons (Fsp3) is 0.208. The molecule has 1 atom stereocenters. The van der Waals surface area contributed by atoms with E-state index in [-0.39, 0.29) is 17.9 Å². The standard InChI is InChI=1S/C24H24N4O2/c25-24(30)21-10-4-14-28(21)16-17-5-1-9-20(15-17)27-22(29)12-11-19-7-2-6-18-8-3-13-26-23(18)19/h1-3,5-9,11-13,15,21H,4,10,14,16H2,(H2,25,30)(H,27,29)/b12-11+. The molecule has 3 aromatic rings. The van der Waals surface area contributed by atoms with Crippen molar-refractivity contribution in [2.45, 2.75) is 25.4 Å². The molecule has 2 aromatic carbocycles. The van der Waals surface area contributed by atoms with E-state index >= 15 is 0 Å². The van der Waals surface area contributed by atoms with Gasteiger partial charge in [0.25, 0.3) is 0 Å². The summed E-state index contributed by atoms with van der Waals surface area (Å²) < 4.78 is 0. The number of benzene rings is 2. The van der Waals surface area contributed by atoms with Gasteiger partial charge in [0.1, 0.15) is 0 Å². The molecule has 6 heteroatoms. The van der Waals surface area contributed by atoms with Crippen molar-refractivity contribution in [3.8, 4) is 0 Å². The van der Waals surface area contributed by atoms with E-state index in [1.165, 1.54) is 6.08 Å². The SMILES string of the molecule is NC(=O)C1CCCN1Cc1cccc(NC(=O)/C=C/c2cccc3cccnc23)c1. The van der Waals surface area contributed by atoms with Crippen LogP contribution in [0, 0.1) is 0 Å². The molecule has 0 spiro atoms. The summed E-state index contributed by atoms with van der Waals surface area (Å²) in [5, 5.41) is 3.93. The largest absolute Gasteiger partial charge is 0.368 e. The van der Waals surface area contributed by atoms with E-state index in [0.717, 1.165) is 41.4 Å². The lowest BCUT2D eigenvalue weighted by Crippen LogP contribution is -2.39. The first-order chi connectivity index (χ1) is 14.6. The predicted molar refractivity (Wildman–Crippen MR) is 118 cm³/mol. The van der Waals surface area contributed by atoms with Crippen LogP contribution in [0.5, 0.6) is 0 Å².